The molecule has 18 heavy (non-hydrogen) atoms. The minimum atomic E-state index is -0.988. The quantitative estimate of drug-likeness (QED) is 0.660. The molecule has 0 aliphatic heterocycles. The molecule has 2 atom stereocenters. The first-order valence-electron chi connectivity index (χ1n) is 6.63. The fourth-order valence-electron chi connectivity index (χ4n) is 2.40. The number of aliphatic hydroxyl groups excluding tert-OH is 1. The Bertz CT molecular complexity index is 277. The van der Waals surface area contributed by atoms with Crippen LogP contribution >= 0.6 is 11.8 Å². The number of aliphatic carboxylic acids is 1. The van der Waals surface area contributed by atoms with E-state index in [0.717, 1.165) is 6.42 Å². The van der Waals surface area contributed by atoms with E-state index >= 15 is 0 Å². The Morgan fingerprint density at radius 2 is 2.00 bits per heavy atom. The van der Waals surface area contributed by atoms with Crippen molar-refractivity contribution in [2.45, 2.75) is 62.8 Å². The predicted octanol–water partition coefficient (Wildman–Crippen LogP) is 1.85. The van der Waals surface area contributed by atoms with Gasteiger partial charge in [0.2, 0.25) is 0 Å². The largest absolute Gasteiger partial charge is 0.480 e. The molecule has 0 bridgehead atoms. The molecule has 0 aromatic carbocycles. The summed E-state index contributed by atoms with van der Waals surface area (Å²) in [5, 5.41) is 18.9. The number of rotatable bonds is 7. The third-order valence-corrected chi connectivity index (χ3v) is 5.29. The van der Waals surface area contributed by atoms with Crippen LogP contribution in [0.3, 0.4) is 0 Å². The van der Waals surface area contributed by atoms with Gasteiger partial charge in [-0.25, -0.2) is 0 Å². The minimum absolute atomic E-state index is 0.349. The van der Waals surface area contributed by atoms with Crippen molar-refractivity contribution in [3.05, 3.63) is 0 Å². The number of carbonyl (C=O) groups is 1. The van der Waals surface area contributed by atoms with E-state index in [9.17, 15) is 9.90 Å². The van der Waals surface area contributed by atoms with Crippen molar-refractivity contribution in [2.24, 2.45) is 11.7 Å². The summed E-state index contributed by atoms with van der Waals surface area (Å²) in [6.45, 7) is 3.64. The molecule has 4 N–H and O–H groups in total. The maximum Gasteiger partial charge on any atom is 0.321 e. The van der Waals surface area contributed by atoms with Crippen molar-refractivity contribution < 1.29 is 15.0 Å². The summed E-state index contributed by atoms with van der Waals surface area (Å²) in [4.78, 5) is 10.9. The van der Waals surface area contributed by atoms with Gasteiger partial charge in [0.1, 0.15) is 6.04 Å². The van der Waals surface area contributed by atoms with Gasteiger partial charge in [-0.1, -0.05) is 25.7 Å². The van der Waals surface area contributed by atoms with Crippen LogP contribution in [0, 0.1) is 5.92 Å². The highest BCUT2D eigenvalue weighted by Gasteiger charge is 2.33. The second-order valence-corrected chi connectivity index (χ2v) is 7.44. The zero-order chi connectivity index (χ0) is 13.8. The number of hydrogen-bond acceptors (Lipinski definition) is 4. The van der Waals surface area contributed by atoms with Crippen molar-refractivity contribution in [2.75, 3.05) is 5.75 Å². The van der Waals surface area contributed by atoms with Crippen LogP contribution in [0.4, 0.5) is 0 Å². The summed E-state index contributed by atoms with van der Waals surface area (Å²) in [6, 6.07) is -0.902. The summed E-state index contributed by atoms with van der Waals surface area (Å²) in [5.74, 6) is 0.222. The molecule has 0 aromatic rings. The molecule has 0 spiro atoms. The Hall–Kier alpha value is -0.260. The van der Waals surface area contributed by atoms with Gasteiger partial charge in [-0.2, -0.15) is 11.8 Å². The van der Waals surface area contributed by atoms with Crippen molar-refractivity contribution >= 4 is 17.7 Å². The maximum atomic E-state index is 10.9. The molecule has 106 valence electrons. The zero-order valence-electron chi connectivity index (χ0n) is 11.3. The van der Waals surface area contributed by atoms with Gasteiger partial charge in [-0.05, 0) is 26.2 Å². The van der Waals surface area contributed by atoms with Gasteiger partial charge in [-0.15, -0.1) is 0 Å². The number of carboxylic acid groups (broad SMARTS) is 1. The lowest BCUT2D eigenvalue weighted by molar-refractivity contribution is -0.139. The zero-order valence-corrected chi connectivity index (χ0v) is 12.1. The van der Waals surface area contributed by atoms with Crippen LogP contribution in [-0.2, 0) is 4.79 Å². The molecule has 1 fully saturated rings. The second-order valence-electron chi connectivity index (χ2n) is 5.77. The monoisotopic (exact) mass is 275 g/mol. The van der Waals surface area contributed by atoms with E-state index in [2.05, 4.69) is 0 Å². The summed E-state index contributed by atoms with van der Waals surface area (Å²) < 4.78 is -0.553. The first-order valence-corrected chi connectivity index (χ1v) is 7.62. The SMILES string of the molecule is CC(C)(SCC(O)CC1CCCC1)[C@H](N)C(=O)O. The van der Waals surface area contributed by atoms with Crippen LogP contribution in [0.5, 0.6) is 0 Å². The van der Waals surface area contributed by atoms with Crippen molar-refractivity contribution in [3.8, 4) is 0 Å². The Morgan fingerprint density at radius 1 is 1.44 bits per heavy atom. The number of aliphatic hydroxyl groups is 1. The summed E-state index contributed by atoms with van der Waals surface area (Å²) >= 11 is 1.45. The van der Waals surface area contributed by atoms with E-state index in [1.165, 1.54) is 37.4 Å². The Morgan fingerprint density at radius 3 is 2.50 bits per heavy atom. The van der Waals surface area contributed by atoms with Crippen LogP contribution in [0.2, 0.25) is 0 Å². The highest BCUT2D eigenvalue weighted by molar-refractivity contribution is 8.00. The van der Waals surface area contributed by atoms with Gasteiger partial charge in [-0.3, -0.25) is 4.79 Å². The van der Waals surface area contributed by atoms with Gasteiger partial charge >= 0.3 is 5.97 Å². The highest BCUT2D eigenvalue weighted by Crippen LogP contribution is 2.32. The molecule has 1 rings (SSSR count). The summed E-state index contributed by atoms with van der Waals surface area (Å²) in [7, 11) is 0. The fraction of sp³-hybridized carbons (Fsp3) is 0.923. The molecule has 1 aliphatic rings. The number of hydrogen-bond donors (Lipinski definition) is 3. The highest BCUT2D eigenvalue weighted by atomic mass is 32.2. The van der Waals surface area contributed by atoms with E-state index in [4.69, 9.17) is 10.8 Å². The van der Waals surface area contributed by atoms with E-state index < -0.39 is 16.8 Å². The van der Waals surface area contributed by atoms with Crippen LogP contribution in [0.1, 0.15) is 46.0 Å². The van der Waals surface area contributed by atoms with Gasteiger partial charge in [0, 0.05) is 10.5 Å². The third kappa shape index (κ3) is 4.78. The van der Waals surface area contributed by atoms with Gasteiger partial charge in [0.05, 0.1) is 6.10 Å². The minimum Gasteiger partial charge on any atom is -0.480 e. The lowest BCUT2D eigenvalue weighted by Gasteiger charge is -2.29. The van der Waals surface area contributed by atoms with E-state index in [1.54, 1.807) is 0 Å². The summed E-state index contributed by atoms with van der Waals surface area (Å²) in [5.41, 5.74) is 5.64. The van der Waals surface area contributed by atoms with Crippen molar-refractivity contribution in [1.82, 2.24) is 0 Å². The number of nitrogens with two attached hydrogens (primary N) is 1. The molecular weight excluding hydrogens is 250 g/mol. The van der Waals surface area contributed by atoms with E-state index in [0.29, 0.717) is 11.7 Å². The Labute approximate surface area is 113 Å². The lowest BCUT2D eigenvalue weighted by atomic mass is 10.0. The molecule has 4 nitrogen and oxygen atoms in total. The van der Waals surface area contributed by atoms with E-state index in [-0.39, 0.29) is 6.10 Å². The molecule has 0 heterocycles. The van der Waals surface area contributed by atoms with Crippen LogP contribution in [-0.4, -0.2) is 38.8 Å². The van der Waals surface area contributed by atoms with Crippen LogP contribution in [0.15, 0.2) is 0 Å². The average Bonchev–Trinajstić information content (AvgIpc) is 2.78. The maximum absolute atomic E-state index is 10.9. The van der Waals surface area contributed by atoms with E-state index in [1.807, 2.05) is 13.8 Å². The van der Waals surface area contributed by atoms with Gasteiger partial charge < -0.3 is 15.9 Å². The second kappa shape index (κ2) is 6.78. The predicted molar refractivity (Wildman–Crippen MR) is 74.7 cm³/mol. The Kier molecular flexibility index (Phi) is 5.95. The molecule has 5 heteroatoms. The smallest absolute Gasteiger partial charge is 0.321 e. The molecule has 0 saturated heterocycles. The average molecular weight is 275 g/mol. The molecule has 1 unspecified atom stereocenters. The molecule has 1 saturated carbocycles. The van der Waals surface area contributed by atoms with Crippen LogP contribution < -0.4 is 5.73 Å². The normalized spacial score (nSPS) is 20.9. The topological polar surface area (TPSA) is 83.5 Å². The molecule has 1 aliphatic carbocycles. The van der Waals surface area contributed by atoms with Crippen molar-refractivity contribution in [1.29, 1.82) is 0 Å². The molecule has 0 amide bonds. The fourth-order valence-corrected chi connectivity index (χ4v) is 3.44. The first-order chi connectivity index (χ1) is 8.33. The van der Waals surface area contributed by atoms with Crippen LogP contribution in [0.25, 0.3) is 0 Å². The molecule has 0 radical (unpaired) electrons. The van der Waals surface area contributed by atoms with Crippen molar-refractivity contribution in [3.63, 3.8) is 0 Å². The third-order valence-electron chi connectivity index (χ3n) is 3.74. The molecular formula is C13H25NO3S. The lowest BCUT2D eigenvalue weighted by Crippen LogP contribution is -2.47. The summed E-state index contributed by atoms with van der Waals surface area (Å²) in [6.07, 6.45) is 5.49. The molecule has 0 aromatic heterocycles. The Balaban J connectivity index is 2.31. The first kappa shape index (κ1) is 15.8. The van der Waals surface area contributed by atoms with Gasteiger partial charge in [0.25, 0.3) is 0 Å². The number of carboxylic acids is 1. The van der Waals surface area contributed by atoms with Gasteiger partial charge in [0.15, 0.2) is 0 Å². The number of thioether (sulfide) groups is 1. The standard InChI is InChI=1S/C13H25NO3S/c1-13(2,11(14)12(16)17)18-8-10(15)7-9-5-3-4-6-9/h9-11,15H,3-8,14H2,1-2H3,(H,16,17)/t10?,11-/m1/s1.